The van der Waals surface area contributed by atoms with E-state index in [2.05, 4.69) is 4.98 Å². The Morgan fingerprint density at radius 2 is 1.76 bits per heavy atom. The summed E-state index contributed by atoms with van der Waals surface area (Å²) in [5.41, 5.74) is 0.484. The molecule has 0 spiro atoms. The van der Waals surface area contributed by atoms with E-state index in [1.165, 1.54) is 54.1 Å². The fourth-order valence-corrected chi connectivity index (χ4v) is 6.08. The first-order valence-electron chi connectivity index (χ1n) is 11.3. The van der Waals surface area contributed by atoms with Gasteiger partial charge in [-0.1, -0.05) is 12.1 Å². The van der Waals surface area contributed by atoms with Gasteiger partial charge in [0.05, 0.1) is 36.8 Å². The zero-order chi connectivity index (χ0) is 26.6. The van der Waals surface area contributed by atoms with Crippen molar-refractivity contribution in [2.45, 2.75) is 24.9 Å². The van der Waals surface area contributed by atoms with Crippen LogP contribution in [0.25, 0.3) is 10.9 Å². The molecule has 4 rings (SSSR count). The van der Waals surface area contributed by atoms with E-state index in [0.717, 1.165) is 4.88 Å². The number of pyridine rings is 1. The van der Waals surface area contributed by atoms with Crippen LogP contribution in [0.3, 0.4) is 0 Å². The molecule has 2 aromatic heterocycles. The number of sulfonamides is 1. The second-order valence-corrected chi connectivity index (χ2v) is 11.0. The van der Waals surface area contributed by atoms with E-state index in [9.17, 15) is 18.0 Å². The van der Waals surface area contributed by atoms with Crippen LogP contribution in [0.1, 0.15) is 27.7 Å². The summed E-state index contributed by atoms with van der Waals surface area (Å²) >= 11 is 1.41. The average Bonchev–Trinajstić information content (AvgIpc) is 3.41. The molecule has 1 N–H and O–H groups in total. The first-order valence-corrected chi connectivity index (χ1v) is 13.7. The Kier molecular flexibility index (Phi) is 7.96. The van der Waals surface area contributed by atoms with Crippen molar-refractivity contribution in [1.82, 2.24) is 9.29 Å². The third-order valence-electron chi connectivity index (χ3n) is 5.67. The van der Waals surface area contributed by atoms with Crippen molar-refractivity contribution in [2.24, 2.45) is 0 Å². The van der Waals surface area contributed by atoms with Gasteiger partial charge in [-0.05, 0) is 48.7 Å². The Balaban J connectivity index is 1.77. The highest BCUT2D eigenvalue weighted by Crippen LogP contribution is 2.31. The minimum atomic E-state index is -4.11. The third kappa shape index (κ3) is 5.68. The summed E-state index contributed by atoms with van der Waals surface area (Å²) in [4.78, 5) is 28.7. The molecular formula is C26H26N2O7S2. The SMILES string of the molecule is CCOC(=O)c1cccc(S(=O)(=O)N(Cc2cccs2)Cc2cc3cc(OC)c(OC)cc3[nH]c2=O)c1. The van der Waals surface area contributed by atoms with Gasteiger partial charge >= 0.3 is 5.97 Å². The highest BCUT2D eigenvalue weighted by molar-refractivity contribution is 7.89. The lowest BCUT2D eigenvalue weighted by Crippen LogP contribution is -2.32. The number of aromatic nitrogens is 1. The van der Waals surface area contributed by atoms with Crippen LogP contribution < -0.4 is 15.0 Å². The van der Waals surface area contributed by atoms with Crippen LogP contribution in [0.15, 0.2) is 69.7 Å². The van der Waals surface area contributed by atoms with Crippen molar-refractivity contribution in [1.29, 1.82) is 0 Å². The zero-order valence-electron chi connectivity index (χ0n) is 20.5. The van der Waals surface area contributed by atoms with Crippen LogP contribution in [0.4, 0.5) is 0 Å². The van der Waals surface area contributed by atoms with Crippen LogP contribution in [0.5, 0.6) is 11.5 Å². The van der Waals surface area contributed by atoms with Gasteiger partial charge in [0.15, 0.2) is 11.5 Å². The molecule has 11 heteroatoms. The van der Waals surface area contributed by atoms with Gasteiger partial charge in [0, 0.05) is 35.0 Å². The number of nitrogens with one attached hydrogen (secondary N) is 1. The molecule has 0 radical (unpaired) electrons. The molecule has 0 bridgehead atoms. The molecule has 0 aliphatic heterocycles. The first kappa shape index (κ1) is 26.4. The van der Waals surface area contributed by atoms with E-state index >= 15 is 0 Å². The van der Waals surface area contributed by atoms with Gasteiger partial charge in [-0.2, -0.15) is 4.31 Å². The first-order chi connectivity index (χ1) is 17.8. The van der Waals surface area contributed by atoms with E-state index in [1.54, 1.807) is 25.1 Å². The van der Waals surface area contributed by atoms with Gasteiger partial charge in [0.25, 0.3) is 5.56 Å². The van der Waals surface area contributed by atoms with Gasteiger partial charge in [-0.3, -0.25) is 4.79 Å². The maximum absolute atomic E-state index is 13.8. The van der Waals surface area contributed by atoms with Crippen molar-refractivity contribution in [3.05, 3.63) is 86.3 Å². The summed E-state index contributed by atoms with van der Waals surface area (Å²) in [6.45, 7) is 1.70. The van der Waals surface area contributed by atoms with Gasteiger partial charge in [-0.25, -0.2) is 13.2 Å². The summed E-state index contributed by atoms with van der Waals surface area (Å²) in [5.74, 6) is 0.327. The molecule has 0 aliphatic rings. The molecule has 0 aliphatic carbocycles. The zero-order valence-corrected chi connectivity index (χ0v) is 22.1. The second kappa shape index (κ2) is 11.2. The number of hydrogen-bond acceptors (Lipinski definition) is 8. The summed E-state index contributed by atoms with van der Waals surface area (Å²) in [7, 11) is -1.09. The van der Waals surface area contributed by atoms with Gasteiger partial charge in [0.1, 0.15) is 0 Å². The van der Waals surface area contributed by atoms with Crippen molar-refractivity contribution < 1.29 is 27.4 Å². The predicted molar refractivity (Wildman–Crippen MR) is 141 cm³/mol. The van der Waals surface area contributed by atoms with Gasteiger partial charge < -0.3 is 19.2 Å². The van der Waals surface area contributed by atoms with Crippen LogP contribution in [0.2, 0.25) is 0 Å². The normalized spacial score (nSPS) is 11.6. The van der Waals surface area contributed by atoms with E-state index in [1.807, 2.05) is 17.5 Å². The number of carbonyl (C=O) groups is 1. The predicted octanol–water partition coefficient (Wildman–Crippen LogP) is 4.17. The van der Waals surface area contributed by atoms with E-state index < -0.39 is 21.6 Å². The molecule has 9 nitrogen and oxygen atoms in total. The fourth-order valence-electron chi connectivity index (χ4n) is 3.83. The molecule has 0 atom stereocenters. The standard InChI is InChI=1S/C26H26N2O7S2/c1-4-35-26(30)17-7-5-9-21(12-17)37(31,32)28(16-20-8-6-10-36-20)15-19-11-18-13-23(33-2)24(34-3)14-22(18)27-25(19)29/h5-14H,4,15-16H2,1-3H3,(H,27,29). The molecule has 0 saturated heterocycles. The quantitative estimate of drug-likeness (QED) is 0.299. The number of H-pyrrole nitrogens is 1. The smallest absolute Gasteiger partial charge is 0.338 e. The molecule has 0 saturated carbocycles. The lowest BCUT2D eigenvalue weighted by molar-refractivity contribution is 0.0526. The van der Waals surface area contributed by atoms with Gasteiger partial charge in [-0.15, -0.1) is 11.3 Å². The number of carbonyl (C=O) groups excluding carboxylic acids is 1. The number of rotatable bonds is 10. The van der Waals surface area contributed by atoms with Crippen molar-refractivity contribution in [3.8, 4) is 11.5 Å². The molecule has 2 heterocycles. The van der Waals surface area contributed by atoms with E-state index in [0.29, 0.717) is 22.4 Å². The van der Waals surface area contributed by atoms with E-state index in [-0.39, 0.29) is 35.7 Å². The number of benzene rings is 2. The van der Waals surface area contributed by atoms with Crippen LogP contribution in [-0.2, 0) is 27.8 Å². The largest absolute Gasteiger partial charge is 0.493 e. The molecule has 4 aromatic rings. The van der Waals surface area contributed by atoms with Crippen LogP contribution in [-0.4, -0.2) is 44.5 Å². The maximum atomic E-state index is 13.8. The second-order valence-electron chi connectivity index (χ2n) is 8.02. The minimum Gasteiger partial charge on any atom is -0.493 e. The van der Waals surface area contributed by atoms with Crippen LogP contribution >= 0.6 is 11.3 Å². The molecule has 0 amide bonds. The average molecular weight is 543 g/mol. The highest BCUT2D eigenvalue weighted by atomic mass is 32.2. The maximum Gasteiger partial charge on any atom is 0.338 e. The summed E-state index contributed by atoms with van der Waals surface area (Å²) in [5, 5.41) is 2.51. The van der Waals surface area contributed by atoms with Crippen molar-refractivity contribution >= 4 is 38.2 Å². The number of nitrogens with zero attached hydrogens (tertiary/aromatic N) is 1. The number of hydrogen-bond donors (Lipinski definition) is 1. The number of ether oxygens (including phenoxy) is 3. The Hall–Kier alpha value is -3.67. The summed E-state index contributed by atoms with van der Waals surface area (Å²) in [6.07, 6.45) is 0. The Bertz CT molecular complexity index is 1580. The number of esters is 1. The number of thiophene rings is 1. The summed E-state index contributed by atoms with van der Waals surface area (Å²) < 4.78 is 44.5. The molecule has 194 valence electrons. The molecule has 2 aromatic carbocycles. The number of fused-ring (bicyclic) bond motifs is 1. The molecule has 0 fully saturated rings. The van der Waals surface area contributed by atoms with E-state index in [4.69, 9.17) is 14.2 Å². The Morgan fingerprint density at radius 3 is 2.43 bits per heavy atom. The lowest BCUT2D eigenvalue weighted by Gasteiger charge is -2.22. The Labute approximate surface area is 218 Å². The molecule has 0 unspecified atom stereocenters. The van der Waals surface area contributed by atoms with Crippen molar-refractivity contribution in [2.75, 3.05) is 20.8 Å². The topological polar surface area (TPSA) is 115 Å². The van der Waals surface area contributed by atoms with Crippen molar-refractivity contribution in [3.63, 3.8) is 0 Å². The highest BCUT2D eigenvalue weighted by Gasteiger charge is 2.27. The monoisotopic (exact) mass is 542 g/mol. The van der Waals surface area contributed by atoms with Gasteiger partial charge in [0.2, 0.25) is 10.0 Å². The summed E-state index contributed by atoms with van der Waals surface area (Å²) in [6, 6.07) is 14.4. The number of methoxy groups -OCH3 is 2. The Morgan fingerprint density at radius 1 is 1.00 bits per heavy atom. The minimum absolute atomic E-state index is 0.0487. The van der Waals surface area contributed by atoms with Crippen LogP contribution in [0, 0.1) is 0 Å². The number of aromatic amines is 1. The molecular weight excluding hydrogens is 516 g/mol. The lowest BCUT2D eigenvalue weighted by atomic mass is 10.1. The molecule has 37 heavy (non-hydrogen) atoms. The fraction of sp³-hybridized carbons (Fsp3) is 0.231. The third-order valence-corrected chi connectivity index (χ3v) is 8.32.